The van der Waals surface area contributed by atoms with Gasteiger partial charge in [-0.15, -0.1) is 0 Å². The van der Waals surface area contributed by atoms with Crippen molar-refractivity contribution in [3.8, 4) is 0 Å². The molecule has 0 heterocycles. The predicted octanol–water partition coefficient (Wildman–Crippen LogP) is 1.33. The maximum Gasteiger partial charge on any atom is 0.0454 e. The van der Waals surface area contributed by atoms with Crippen LogP contribution >= 0.6 is 0 Å². The van der Waals surface area contributed by atoms with E-state index in [9.17, 15) is 0 Å². The van der Waals surface area contributed by atoms with E-state index in [1.807, 2.05) is 0 Å². The topological polar surface area (TPSA) is 24.1 Å². The smallest absolute Gasteiger partial charge is 0.0454 e. The summed E-state index contributed by atoms with van der Waals surface area (Å²) in [5.41, 5.74) is 0. The molecule has 0 rings (SSSR count). The van der Waals surface area contributed by atoms with Crippen molar-refractivity contribution < 1.29 is 0 Å². The maximum absolute atomic E-state index is 3.31. The minimum atomic E-state index is 0.966. The van der Waals surface area contributed by atoms with Gasteiger partial charge in [0.1, 0.15) is 0 Å². The van der Waals surface area contributed by atoms with Crippen molar-refractivity contribution >= 4 is 0 Å². The standard InChI is InChI=1S/C8H20N2/c1-3-5-7-10-8-9-6-4-2/h9-10H,3-8H2,1-2H3. The molecule has 0 saturated heterocycles. The van der Waals surface area contributed by atoms with Crippen molar-refractivity contribution in [1.82, 2.24) is 10.6 Å². The third-order valence-corrected chi connectivity index (χ3v) is 1.38. The molecule has 0 aromatic rings. The van der Waals surface area contributed by atoms with Crippen LogP contribution in [0.4, 0.5) is 0 Å². The molecule has 62 valence electrons. The third-order valence-electron chi connectivity index (χ3n) is 1.38. The van der Waals surface area contributed by atoms with Crippen LogP contribution in [0.25, 0.3) is 0 Å². The Morgan fingerprint density at radius 3 is 2.20 bits per heavy atom. The lowest BCUT2D eigenvalue weighted by Gasteiger charge is -2.03. The van der Waals surface area contributed by atoms with Crippen LogP contribution in [0.3, 0.4) is 0 Å². The van der Waals surface area contributed by atoms with Crippen molar-refractivity contribution in [2.75, 3.05) is 19.8 Å². The zero-order chi connectivity index (χ0) is 7.66. The molecule has 0 atom stereocenters. The summed E-state index contributed by atoms with van der Waals surface area (Å²) in [5, 5.41) is 6.59. The molecule has 0 aromatic carbocycles. The Kier molecular flexibility index (Phi) is 8.85. The molecule has 0 unspecified atom stereocenters. The summed E-state index contributed by atoms with van der Waals surface area (Å²) < 4.78 is 0. The van der Waals surface area contributed by atoms with E-state index in [-0.39, 0.29) is 0 Å². The quantitative estimate of drug-likeness (QED) is 0.416. The fourth-order valence-corrected chi connectivity index (χ4v) is 0.744. The van der Waals surface area contributed by atoms with Crippen LogP contribution < -0.4 is 10.6 Å². The fourth-order valence-electron chi connectivity index (χ4n) is 0.744. The largest absolute Gasteiger partial charge is 0.305 e. The van der Waals surface area contributed by atoms with Crippen LogP contribution in [0.2, 0.25) is 0 Å². The van der Waals surface area contributed by atoms with Gasteiger partial charge in [0.15, 0.2) is 0 Å². The third kappa shape index (κ3) is 7.92. The van der Waals surface area contributed by atoms with Crippen LogP contribution in [0.5, 0.6) is 0 Å². The van der Waals surface area contributed by atoms with Gasteiger partial charge < -0.3 is 10.6 Å². The van der Waals surface area contributed by atoms with E-state index in [0.717, 1.165) is 19.8 Å². The van der Waals surface area contributed by atoms with Gasteiger partial charge in [-0.05, 0) is 25.9 Å². The summed E-state index contributed by atoms with van der Waals surface area (Å²) in [6, 6.07) is 0. The minimum absolute atomic E-state index is 0.966. The number of hydrogen-bond acceptors (Lipinski definition) is 2. The predicted molar refractivity (Wildman–Crippen MR) is 46.1 cm³/mol. The second-order valence-corrected chi connectivity index (χ2v) is 2.53. The zero-order valence-corrected chi connectivity index (χ0v) is 7.24. The fraction of sp³-hybridized carbons (Fsp3) is 1.00. The van der Waals surface area contributed by atoms with E-state index in [1.54, 1.807) is 0 Å². The molecule has 0 saturated carbocycles. The molecule has 2 nitrogen and oxygen atoms in total. The van der Waals surface area contributed by atoms with Crippen LogP contribution in [-0.4, -0.2) is 19.8 Å². The molecule has 0 spiro atoms. The van der Waals surface area contributed by atoms with E-state index in [1.165, 1.54) is 19.3 Å². The van der Waals surface area contributed by atoms with E-state index in [2.05, 4.69) is 24.5 Å². The zero-order valence-electron chi connectivity index (χ0n) is 7.24. The maximum atomic E-state index is 3.31. The highest BCUT2D eigenvalue weighted by Gasteiger charge is 1.83. The van der Waals surface area contributed by atoms with Gasteiger partial charge in [-0.3, -0.25) is 0 Å². The Hall–Kier alpha value is -0.0800. The Morgan fingerprint density at radius 1 is 0.900 bits per heavy atom. The van der Waals surface area contributed by atoms with Gasteiger partial charge >= 0.3 is 0 Å². The molecule has 10 heavy (non-hydrogen) atoms. The highest BCUT2D eigenvalue weighted by molar-refractivity contribution is 4.45. The summed E-state index contributed by atoms with van der Waals surface area (Å²) in [6.45, 7) is 7.63. The van der Waals surface area contributed by atoms with Gasteiger partial charge in [0.25, 0.3) is 0 Å². The lowest BCUT2D eigenvalue weighted by atomic mass is 10.3. The van der Waals surface area contributed by atoms with Gasteiger partial charge in [-0.1, -0.05) is 20.3 Å². The first-order chi connectivity index (χ1) is 4.91. The van der Waals surface area contributed by atoms with Crippen molar-refractivity contribution in [3.05, 3.63) is 0 Å². The number of rotatable bonds is 7. The van der Waals surface area contributed by atoms with Gasteiger partial charge in [-0.25, -0.2) is 0 Å². The van der Waals surface area contributed by atoms with Crippen molar-refractivity contribution in [3.63, 3.8) is 0 Å². The summed E-state index contributed by atoms with van der Waals surface area (Å²) in [6.07, 6.45) is 3.78. The van der Waals surface area contributed by atoms with Gasteiger partial charge in [0.05, 0.1) is 0 Å². The molecule has 2 N–H and O–H groups in total. The van der Waals surface area contributed by atoms with Crippen LogP contribution in [0, 0.1) is 0 Å². The highest BCUT2D eigenvalue weighted by atomic mass is 15.0. The van der Waals surface area contributed by atoms with Gasteiger partial charge in [0.2, 0.25) is 0 Å². The average Bonchev–Trinajstić information content (AvgIpc) is 1.97. The Labute approximate surface area is 64.4 Å². The van der Waals surface area contributed by atoms with E-state index in [0.29, 0.717) is 0 Å². The lowest BCUT2D eigenvalue weighted by Crippen LogP contribution is -2.29. The summed E-state index contributed by atoms with van der Waals surface area (Å²) in [7, 11) is 0. The summed E-state index contributed by atoms with van der Waals surface area (Å²) in [4.78, 5) is 0. The molecule has 0 aliphatic rings. The van der Waals surface area contributed by atoms with Gasteiger partial charge in [0, 0.05) is 6.67 Å². The molecule has 0 amide bonds. The number of hydrogen-bond donors (Lipinski definition) is 2. The molecule has 0 fully saturated rings. The van der Waals surface area contributed by atoms with Crippen molar-refractivity contribution in [2.45, 2.75) is 33.1 Å². The molecular weight excluding hydrogens is 124 g/mol. The molecule has 0 bridgehead atoms. The van der Waals surface area contributed by atoms with E-state index in [4.69, 9.17) is 0 Å². The average molecular weight is 144 g/mol. The van der Waals surface area contributed by atoms with Crippen molar-refractivity contribution in [1.29, 1.82) is 0 Å². The van der Waals surface area contributed by atoms with E-state index < -0.39 is 0 Å². The minimum Gasteiger partial charge on any atom is -0.305 e. The Balaban J connectivity index is 2.65. The normalized spacial score (nSPS) is 10.2. The van der Waals surface area contributed by atoms with Crippen LogP contribution in [0.15, 0.2) is 0 Å². The second-order valence-electron chi connectivity index (χ2n) is 2.53. The van der Waals surface area contributed by atoms with Crippen molar-refractivity contribution in [2.24, 2.45) is 0 Å². The molecule has 0 radical (unpaired) electrons. The first kappa shape index (κ1) is 9.92. The Morgan fingerprint density at radius 2 is 1.60 bits per heavy atom. The second kappa shape index (κ2) is 8.92. The molecule has 0 aliphatic carbocycles. The molecule has 2 heteroatoms. The summed E-state index contributed by atoms with van der Waals surface area (Å²) >= 11 is 0. The monoisotopic (exact) mass is 144 g/mol. The first-order valence-electron chi connectivity index (χ1n) is 4.33. The molecule has 0 aliphatic heterocycles. The van der Waals surface area contributed by atoms with E-state index >= 15 is 0 Å². The van der Waals surface area contributed by atoms with Crippen LogP contribution in [-0.2, 0) is 0 Å². The Bertz CT molecular complexity index is 47.2. The van der Waals surface area contributed by atoms with Gasteiger partial charge in [-0.2, -0.15) is 0 Å². The molecular formula is C8H20N2. The first-order valence-corrected chi connectivity index (χ1v) is 4.33. The number of nitrogens with one attached hydrogen (secondary N) is 2. The SMILES string of the molecule is CCCCNCNCCC. The lowest BCUT2D eigenvalue weighted by molar-refractivity contribution is 0.563. The summed E-state index contributed by atoms with van der Waals surface area (Å²) in [5.74, 6) is 0. The van der Waals surface area contributed by atoms with Crippen LogP contribution in [0.1, 0.15) is 33.1 Å². The highest BCUT2D eigenvalue weighted by Crippen LogP contribution is 1.80. The molecule has 0 aromatic heterocycles. The number of unbranched alkanes of at least 4 members (excludes halogenated alkanes) is 1.